The molecule has 114 valence electrons. The highest BCUT2D eigenvalue weighted by atomic mass is 79.9. The Kier molecular flexibility index (Phi) is 5.00. The minimum atomic E-state index is -0.976. The first-order valence-electron chi connectivity index (χ1n) is 6.20. The number of carboxylic acid groups (broad SMARTS) is 1. The normalized spacial score (nSPS) is 10.6. The van der Waals surface area contributed by atoms with Crippen LogP contribution in [0.25, 0.3) is 0 Å². The largest absolute Gasteiger partial charge is 0.503 e. The fraction of sp³-hybridized carbons (Fsp3) is 0.0667. The molecule has 3 N–H and O–H groups in total. The molecule has 0 radical (unpaired) electrons. The maximum atomic E-state index is 10.7. The Morgan fingerprint density at radius 1 is 1.32 bits per heavy atom. The molecule has 6 nitrogen and oxygen atoms in total. The number of aromatic carboxylic acids is 1. The van der Waals surface area contributed by atoms with Gasteiger partial charge in [0.1, 0.15) is 0 Å². The van der Waals surface area contributed by atoms with Crippen LogP contribution in [0.5, 0.6) is 11.5 Å². The number of methoxy groups -OCH3 is 1. The second kappa shape index (κ2) is 6.95. The summed E-state index contributed by atoms with van der Waals surface area (Å²) in [5.41, 5.74) is 4.38. The monoisotopic (exact) mass is 364 g/mol. The van der Waals surface area contributed by atoms with Gasteiger partial charge in [-0.1, -0.05) is 0 Å². The lowest BCUT2D eigenvalue weighted by atomic mass is 10.2. The molecule has 7 heteroatoms. The molecule has 2 aromatic carbocycles. The molecule has 0 aliphatic carbocycles. The molecular weight excluding hydrogens is 352 g/mol. The number of carboxylic acids is 1. The van der Waals surface area contributed by atoms with Gasteiger partial charge >= 0.3 is 5.97 Å². The number of rotatable bonds is 5. The Labute approximate surface area is 135 Å². The van der Waals surface area contributed by atoms with Gasteiger partial charge in [-0.25, -0.2) is 4.79 Å². The van der Waals surface area contributed by atoms with Gasteiger partial charge in [-0.3, -0.25) is 5.43 Å². The van der Waals surface area contributed by atoms with Crippen LogP contribution in [0.1, 0.15) is 15.9 Å². The van der Waals surface area contributed by atoms with E-state index in [9.17, 15) is 9.90 Å². The van der Waals surface area contributed by atoms with Crippen LogP contribution in [0.3, 0.4) is 0 Å². The van der Waals surface area contributed by atoms with Crippen molar-refractivity contribution >= 4 is 33.8 Å². The number of halogens is 1. The van der Waals surface area contributed by atoms with Crippen molar-refractivity contribution in [3.8, 4) is 11.5 Å². The first-order chi connectivity index (χ1) is 10.5. The quantitative estimate of drug-likeness (QED) is 0.559. The number of nitrogens with one attached hydrogen (secondary N) is 1. The van der Waals surface area contributed by atoms with Crippen LogP contribution >= 0.6 is 15.9 Å². The van der Waals surface area contributed by atoms with E-state index in [2.05, 4.69) is 26.5 Å². The summed E-state index contributed by atoms with van der Waals surface area (Å²) < 4.78 is 5.55. The van der Waals surface area contributed by atoms with Gasteiger partial charge in [0.15, 0.2) is 11.5 Å². The standard InChI is InChI=1S/C15H13BrN2O4/c1-22-13-7-9(6-12(16)14(13)19)8-17-18-11-4-2-10(3-5-11)15(20)21/h2-8,18-19H,1H3,(H,20,21)/b17-8+. The van der Waals surface area contributed by atoms with Gasteiger partial charge in [0, 0.05) is 0 Å². The third-order valence-electron chi connectivity index (χ3n) is 2.81. The summed E-state index contributed by atoms with van der Waals surface area (Å²) in [6.07, 6.45) is 1.55. The van der Waals surface area contributed by atoms with Crippen LogP contribution in [0, 0.1) is 0 Å². The number of hydrogen-bond acceptors (Lipinski definition) is 5. The van der Waals surface area contributed by atoms with Gasteiger partial charge in [0.25, 0.3) is 0 Å². The minimum Gasteiger partial charge on any atom is -0.503 e. The average molecular weight is 365 g/mol. The maximum Gasteiger partial charge on any atom is 0.335 e. The van der Waals surface area contributed by atoms with Crippen LogP contribution in [0.4, 0.5) is 5.69 Å². The Balaban J connectivity index is 2.09. The molecule has 0 bridgehead atoms. The Bertz CT molecular complexity index is 714. The Morgan fingerprint density at radius 3 is 2.59 bits per heavy atom. The predicted octanol–water partition coefficient (Wildman–Crippen LogP) is 3.31. The minimum absolute atomic E-state index is 0.0249. The van der Waals surface area contributed by atoms with Gasteiger partial charge in [-0.15, -0.1) is 0 Å². The van der Waals surface area contributed by atoms with Crippen molar-refractivity contribution < 1.29 is 19.7 Å². The zero-order valence-electron chi connectivity index (χ0n) is 11.6. The second-order valence-electron chi connectivity index (χ2n) is 4.31. The summed E-state index contributed by atoms with van der Waals surface area (Å²) in [5.74, 6) is -0.616. The number of ether oxygens (including phenoxy) is 1. The summed E-state index contributed by atoms with van der Waals surface area (Å²) in [5, 5.41) is 22.6. The molecule has 2 rings (SSSR count). The molecule has 0 aliphatic heterocycles. The predicted molar refractivity (Wildman–Crippen MR) is 87.0 cm³/mol. The number of phenolic OH excluding ortho intramolecular Hbond substituents is 1. The van der Waals surface area contributed by atoms with E-state index in [1.165, 1.54) is 19.2 Å². The zero-order valence-corrected chi connectivity index (χ0v) is 13.2. The van der Waals surface area contributed by atoms with E-state index in [4.69, 9.17) is 9.84 Å². The highest BCUT2D eigenvalue weighted by Crippen LogP contribution is 2.34. The lowest BCUT2D eigenvalue weighted by molar-refractivity contribution is 0.0697. The summed E-state index contributed by atoms with van der Waals surface area (Å²) in [4.78, 5) is 10.7. The average Bonchev–Trinajstić information content (AvgIpc) is 2.51. The van der Waals surface area contributed by atoms with Crippen molar-refractivity contribution in [1.82, 2.24) is 0 Å². The summed E-state index contributed by atoms with van der Waals surface area (Å²) in [6, 6.07) is 9.54. The molecule has 0 aromatic heterocycles. The highest BCUT2D eigenvalue weighted by Gasteiger charge is 2.07. The summed E-state index contributed by atoms with van der Waals surface area (Å²) >= 11 is 3.23. The molecule has 0 atom stereocenters. The zero-order chi connectivity index (χ0) is 16.1. The number of benzene rings is 2. The number of carbonyl (C=O) groups is 1. The molecule has 0 spiro atoms. The third-order valence-corrected chi connectivity index (χ3v) is 3.41. The van der Waals surface area contributed by atoms with Crippen molar-refractivity contribution in [2.75, 3.05) is 12.5 Å². The van der Waals surface area contributed by atoms with Crippen molar-refractivity contribution in [2.24, 2.45) is 5.10 Å². The fourth-order valence-electron chi connectivity index (χ4n) is 1.69. The second-order valence-corrected chi connectivity index (χ2v) is 5.16. The van der Waals surface area contributed by atoms with Crippen molar-refractivity contribution in [1.29, 1.82) is 0 Å². The molecule has 0 aliphatic rings. The highest BCUT2D eigenvalue weighted by molar-refractivity contribution is 9.10. The van der Waals surface area contributed by atoms with Gasteiger partial charge in [-0.05, 0) is 57.9 Å². The van der Waals surface area contributed by atoms with E-state index in [-0.39, 0.29) is 11.3 Å². The lowest BCUT2D eigenvalue weighted by Crippen LogP contribution is -1.96. The number of hydrazone groups is 1. The van der Waals surface area contributed by atoms with Crippen LogP contribution in [-0.4, -0.2) is 29.5 Å². The molecule has 0 saturated carbocycles. The molecule has 0 saturated heterocycles. The Morgan fingerprint density at radius 2 is 2.00 bits per heavy atom. The van der Waals surface area contributed by atoms with E-state index >= 15 is 0 Å². The van der Waals surface area contributed by atoms with Crippen LogP contribution in [0.2, 0.25) is 0 Å². The third kappa shape index (κ3) is 3.76. The van der Waals surface area contributed by atoms with E-state index in [0.717, 1.165) is 5.56 Å². The molecule has 0 amide bonds. The van der Waals surface area contributed by atoms with E-state index in [0.29, 0.717) is 15.9 Å². The molecular formula is C15H13BrN2O4. The maximum absolute atomic E-state index is 10.7. The molecule has 22 heavy (non-hydrogen) atoms. The number of aromatic hydroxyl groups is 1. The van der Waals surface area contributed by atoms with Crippen LogP contribution in [-0.2, 0) is 0 Å². The van der Waals surface area contributed by atoms with Gasteiger partial charge < -0.3 is 14.9 Å². The number of hydrogen-bond donors (Lipinski definition) is 3. The van der Waals surface area contributed by atoms with E-state index in [1.54, 1.807) is 30.5 Å². The van der Waals surface area contributed by atoms with Gasteiger partial charge in [-0.2, -0.15) is 5.10 Å². The van der Waals surface area contributed by atoms with Gasteiger partial charge in [0.2, 0.25) is 0 Å². The van der Waals surface area contributed by atoms with Crippen molar-refractivity contribution in [3.05, 3.63) is 52.0 Å². The van der Waals surface area contributed by atoms with E-state index in [1.807, 2.05) is 0 Å². The van der Waals surface area contributed by atoms with Gasteiger partial charge in [0.05, 0.1) is 29.0 Å². The Hall–Kier alpha value is -2.54. The van der Waals surface area contributed by atoms with Crippen molar-refractivity contribution in [2.45, 2.75) is 0 Å². The topological polar surface area (TPSA) is 91.2 Å². The number of phenols is 1. The number of anilines is 1. The molecule has 0 unspecified atom stereocenters. The molecule has 2 aromatic rings. The smallest absolute Gasteiger partial charge is 0.335 e. The first kappa shape index (κ1) is 15.8. The fourth-order valence-corrected chi connectivity index (χ4v) is 2.15. The van der Waals surface area contributed by atoms with E-state index < -0.39 is 5.97 Å². The number of nitrogens with zero attached hydrogens (tertiary/aromatic N) is 1. The first-order valence-corrected chi connectivity index (χ1v) is 6.99. The summed E-state index contributed by atoms with van der Waals surface area (Å²) in [6.45, 7) is 0. The van der Waals surface area contributed by atoms with Crippen molar-refractivity contribution in [3.63, 3.8) is 0 Å². The SMILES string of the molecule is COc1cc(/C=N/Nc2ccc(C(=O)O)cc2)cc(Br)c1O. The van der Waals surface area contributed by atoms with Crippen LogP contribution in [0.15, 0.2) is 46.0 Å². The lowest BCUT2D eigenvalue weighted by Gasteiger charge is -2.06. The summed E-state index contributed by atoms with van der Waals surface area (Å²) in [7, 11) is 1.46. The molecule has 0 heterocycles. The van der Waals surface area contributed by atoms with Crippen LogP contribution < -0.4 is 10.2 Å². The molecule has 0 fully saturated rings.